The smallest absolute Gasteiger partial charge is 0.223 e. The van der Waals surface area contributed by atoms with Crippen LogP contribution in [0.4, 0.5) is 11.8 Å². The first-order valence-corrected chi connectivity index (χ1v) is 7.89. The molecule has 0 bridgehead atoms. The van der Waals surface area contributed by atoms with E-state index in [0.29, 0.717) is 5.15 Å². The molecule has 1 aromatic heterocycles. The fourth-order valence-corrected chi connectivity index (χ4v) is 3.51. The number of hydrogen-bond acceptors (Lipinski definition) is 5. The lowest BCUT2D eigenvalue weighted by Crippen LogP contribution is -2.47. The van der Waals surface area contributed by atoms with Gasteiger partial charge in [-0.1, -0.05) is 18.0 Å². The van der Waals surface area contributed by atoms with Gasteiger partial charge < -0.3 is 15.5 Å². The maximum absolute atomic E-state index is 5.95. The van der Waals surface area contributed by atoms with E-state index in [0.717, 1.165) is 24.9 Å². The van der Waals surface area contributed by atoms with Gasteiger partial charge in [0.2, 0.25) is 5.95 Å². The number of halogens is 1. The molecule has 0 spiro atoms. The van der Waals surface area contributed by atoms with E-state index in [1.165, 1.54) is 45.2 Å². The van der Waals surface area contributed by atoms with E-state index in [4.69, 9.17) is 17.3 Å². The van der Waals surface area contributed by atoms with Crippen LogP contribution in [0.15, 0.2) is 6.07 Å². The van der Waals surface area contributed by atoms with Crippen LogP contribution in [0.1, 0.15) is 32.1 Å². The van der Waals surface area contributed by atoms with Gasteiger partial charge in [-0.05, 0) is 38.8 Å². The second kappa shape index (κ2) is 6.14. The Bertz CT molecular complexity index is 433. The minimum absolute atomic E-state index is 0.255. The van der Waals surface area contributed by atoms with E-state index < -0.39 is 0 Å². The zero-order valence-electron chi connectivity index (χ0n) is 11.8. The van der Waals surface area contributed by atoms with Gasteiger partial charge in [0.25, 0.3) is 0 Å². The second-order valence-electron chi connectivity index (χ2n) is 5.72. The van der Waals surface area contributed by atoms with Crippen molar-refractivity contribution in [2.75, 3.05) is 36.8 Å². The van der Waals surface area contributed by atoms with Crippen LogP contribution >= 0.6 is 11.6 Å². The van der Waals surface area contributed by atoms with Gasteiger partial charge >= 0.3 is 0 Å². The van der Waals surface area contributed by atoms with Crippen molar-refractivity contribution in [1.29, 1.82) is 0 Å². The van der Waals surface area contributed by atoms with Crippen molar-refractivity contribution < 1.29 is 0 Å². The summed E-state index contributed by atoms with van der Waals surface area (Å²) in [6, 6.07) is 2.54. The highest BCUT2D eigenvalue weighted by atomic mass is 35.5. The molecule has 2 saturated heterocycles. The molecule has 0 radical (unpaired) electrons. The van der Waals surface area contributed by atoms with Gasteiger partial charge in [0.05, 0.1) is 0 Å². The molecule has 0 atom stereocenters. The lowest BCUT2D eigenvalue weighted by molar-refractivity contribution is 0.141. The Morgan fingerprint density at radius 3 is 2.40 bits per heavy atom. The number of nitrogen functional groups attached to an aromatic ring is 1. The standard InChI is InChI=1S/C14H22ClN5/c15-12-10-13(18-14(16)17-12)20-8-4-11(5-9-20)19-6-2-1-3-7-19/h10-11H,1-9H2,(H2,16,17,18). The Morgan fingerprint density at radius 2 is 1.75 bits per heavy atom. The van der Waals surface area contributed by atoms with E-state index in [9.17, 15) is 0 Å². The summed E-state index contributed by atoms with van der Waals surface area (Å²) < 4.78 is 0. The molecule has 2 aliphatic heterocycles. The second-order valence-corrected chi connectivity index (χ2v) is 6.11. The largest absolute Gasteiger partial charge is 0.368 e. The van der Waals surface area contributed by atoms with Crippen molar-refractivity contribution in [3.05, 3.63) is 11.2 Å². The number of hydrogen-bond donors (Lipinski definition) is 1. The van der Waals surface area contributed by atoms with E-state index in [1.54, 1.807) is 6.07 Å². The predicted molar refractivity (Wildman–Crippen MR) is 82.1 cm³/mol. The van der Waals surface area contributed by atoms with Crippen molar-refractivity contribution in [3.63, 3.8) is 0 Å². The Kier molecular flexibility index (Phi) is 4.27. The van der Waals surface area contributed by atoms with E-state index in [1.807, 2.05) is 0 Å². The highest BCUT2D eigenvalue weighted by Crippen LogP contribution is 2.25. The third kappa shape index (κ3) is 3.15. The summed E-state index contributed by atoms with van der Waals surface area (Å²) in [4.78, 5) is 13.1. The molecule has 3 rings (SSSR count). The molecule has 6 heteroatoms. The SMILES string of the molecule is Nc1nc(Cl)cc(N2CCC(N3CCCCC3)CC2)n1. The zero-order valence-corrected chi connectivity index (χ0v) is 12.5. The first-order valence-electron chi connectivity index (χ1n) is 7.51. The van der Waals surface area contributed by atoms with Crippen molar-refractivity contribution in [2.45, 2.75) is 38.1 Å². The summed E-state index contributed by atoms with van der Waals surface area (Å²) in [7, 11) is 0. The summed E-state index contributed by atoms with van der Waals surface area (Å²) in [6.45, 7) is 4.59. The van der Waals surface area contributed by atoms with Gasteiger partial charge in [-0.25, -0.2) is 4.98 Å². The highest BCUT2D eigenvalue weighted by Gasteiger charge is 2.26. The third-order valence-electron chi connectivity index (χ3n) is 4.39. The van der Waals surface area contributed by atoms with E-state index in [2.05, 4.69) is 19.8 Å². The predicted octanol–water partition coefficient (Wildman–Crippen LogP) is 2.17. The van der Waals surface area contributed by atoms with Gasteiger partial charge in [0.1, 0.15) is 11.0 Å². The number of nitrogens with two attached hydrogens (primary N) is 1. The molecular formula is C14H22ClN5. The average Bonchev–Trinajstić information content (AvgIpc) is 2.47. The van der Waals surface area contributed by atoms with Crippen molar-refractivity contribution in [3.8, 4) is 0 Å². The van der Waals surface area contributed by atoms with Gasteiger partial charge in [-0.15, -0.1) is 0 Å². The quantitative estimate of drug-likeness (QED) is 0.848. The molecule has 0 saturated carbocycles. The lowest BCUT2D eigenvalue weighted by Gasteiger charge is -2.40. The molecule has 3 heterocycles. The first-order chi connectivity index (χ1) is 9.72. The van der Waals surface area contributed by atoms with Crippen molar-refractivity contribution in [1.82, 2.24) is 14.9 Å². The van der Waals surface area contributed by atoms with Crippen molar-refractivity contribution >= 4 is 23.4 Å². The topological polar surface area (TPSA) is 58.3 Å². The molecule has 0 aliphatic carbocycles. The van der Waals surface area contributed by atoms with Crippen LogP contribution in [0.3, 0.4) is 0 Å². The number of piperidine rings is 2. The molecule has 0 aromatic carbocycles. The maximum atomic E-state index is 5.95. The normalized spacial score (nSPS) is 22.1. The number of aromatic nitrogens is 2. The van der Waals surface area contributed by atoms with Crippen LogP contribution in [-0.2, 0) is 0 Å². The maximum Gasteiger partial charge on any atom is 0.223 e. The number of likely N-dealkylation sites (tertiary alicyclic amines) is 1. The summed E-state index contributed by atoms with van der Waals surface area (Å²) in [6.07, 6.45) is 6.51. The fraction of sp³-hybridized carbons (Fsp3) is 0.714. The molecule has 1 aromatic rings. The molecule has 2 aliphatic rings. The lowest BCUT2D eigenvalue weighted by atomic mass is 10.00. The van der Waals surface area contributed by atoms with Crippen LogP contribution in [0, 0.1) is 0 Å². The summed E-state index contributed by atoms with van der Waals surface area (Å²) in [5.41, 5.74) is 5.67. The van der Waals surface area contributed by atoms with E-state index >= 15 is 0 Å². The van der Waals surface area contributed by atoms with Gasteiger partial charge in [0.15, 0.2) is 0 Å². The summed E-state index contributed by atoms with van der Waals surface area (Å²) in [5, 5.41) is 0.422. The van der Waals surface area contributed by atoms with Gasteiger partial charge in [-0.2, -0.15) is 4.98 Å². The minimum Gasteiger partial charge on any atom is -0.368 e. The van der Waals surface area contributed by atoms with Gasteiger partial charge in [-0.3, -0.25) is 0 Å². The summed E-state index contributed by atoms with van der Waals surface area (Å²) >= 11 is 5.95. The Morgan fingerprint density at radius 1 is 1.05 bits per heavy atom. The Labute approximate surface area is 125 Å². The zero-order chi connectivity index (χ0) is 13.9. The van der Waals surface area contributed by atoms with Crippen LogP contribution < -0.4 is 10.6 Å². The average molecular weight is 296 g/mol. The van der Waals surface area contributed by atoms with Crippen LogP contribution in [0.25, 0.3) is 0 Å². The van der Waals surface area contributed by atoms with Crippen LogP contribution in [-0.4, -0.2) is 47.1 Å². The summed E-state index contributed by atoms with van der Waals surface area (Å²) in [5.74, 6) is 1.12. The molecule has 0 unspecified atom stereocenters. The van der Waals surface area contributed by atoms with Crippen molar-refractivity contribution in [2.24, 2.45) is 0 Å². The van der Waals surface area contributed by atoms with E-state index in [-0.39, 0.29) is 5.95 Å². The molecule has 2 N–H and O–H groups in total. The first kappa shape index (κ1) is 13.9. The highest BCUT2D eigenvalue weighted by molar-refractivity contribution is 6.29. The van der Waals surface area contributed by atoms with Gasteiger partial charge in [0, 0.05) is 25.2 Å². The molecule has 2 fully saturated rings. The molecule has 20 heavy (non-hydrogen) atoms. The number of nitrogens with zero attached hydrogens (tertiary/aromatic N) is 4. The Balaban J connectivity index is 1.60. The number of anilines is 2. The minimum atomic E-state index is 0.255. The number of rotatable bonds is 2. The van der Waals surface area contributed by atoms with Crippen LogP contribution in [0.5, 0.6) is 0 Å². The van der Waals surface area contributed by atoms with Crippen LogP contribution in [0.2, 0.25) is 5.15 Å². The fourth-order valence-electron chi connectivity index (χ4n) is 3.33. The monoisotopic (exact) mass is 295 g/mol. The Hall–Kier alpha value is -1.07. The molecule has 110 valence electrons. The molecule has 0 amide bonds. The molecule has 5 nitrogen and oxygen atoms in total. The molecular weight excluding hydrogens is 274 g/mol. The third-order valence-corrected chi connectivity index (χ3v) is 4.59.